The molecule has 3 rings (SSSR count). The predicted octanol–water partition coefficient (Wildman–Crippen LogP) is 2.44. The van der Waals surface area contributed by atoms with Gasteiger partial charge in [0.25, 0.3) is 5.91 Å². The minimum Gasteiger partial charge on any atom is -0.380 e. The number of rotatable bonds is 7. The molecule has 0 unspecified atom stereocenters. The van der Waals surface area contributed by atoms with Gasteiger partial charge in [0, 0.05) is 57.5 Å². The average Bonchev–Trinajstić information content (AvgIpc) is 2.75. The van der Waals surface area contributed by atoms with Crippen LogP contribution < -0.4 is 10.2 Å². The summed E-state index contributed by atoms with van der Waals surface area (Å²) >= 11 is 0. The zero-order valence-electron chi connectivity index (χ0n) is 16.6. The van der Waals surface area contributed by atoms with Gasteiger partial charge in [0.1, 0.15) is 5.82 Å². The Morgan fingerprint density at radius 2 is 1.79 bits per heavy atom. The highest BCUT2D eigenvalue weighted by atomic mass is 19.1. The van der Waals surface area contributed by atoms with E-state index in [1.807, 2.05) is 17.0 Å². The van der Waals surface area contributed by atoms with E-state index in [0.717, 1.165) is 11.3 Å². The summed E-state index contributed by atoms with van der Waals surface area (Å²) in [5, 5.41) is 2.81. The van der Waals surface area contributed by atoms with E-state index in [0.29, 0.717) is 44.9 Å². The van der Waals surface area contributed by atoms with Crippen LogP contribution in [0.1, 0.15) is 22.3 Å². The van der Waals surface area contributed by atoms with Gasteiger partial charge in [-0.05, 0) is 42.0 Å². The number of amides is 2. The Bertz CT molecular complexity index is 833. The Labute approximate surface area is 170 Å². The second kappa shape index (κ2) is 10.0. The summed E-state index contributed by atoms with van der Waals surface area (Å²) in [5.74, 6) is -0.427. The molecule has 1 fully saturated rings. The maximum Gasteiger partial charge on any atom is 0.251 e. The van der Waals surface area contributed by atoms with Gasteiger partial charge in [0.15, 0.2) is 0 Å². The lowest BCUT2D eigenvalue weighted by Gasteiger charge is -2.36. The van der Waals surface area contributed by atoms with Crippen LogP contribution in [0, 0.1) is 5.82 Å². The van der Waals surface area contributed by atoms with Gasteiger partial charge in [-0.2, -0.15) is 0 Å². The first-order valence-electron chi connectivity index (χ1n) is 9.71. The molecule has 0 aliphatic carbocycles. The summed E-state index contributed by atoms with van der Waals surface area (Å²) in [4.78, 5) is 28.7. The molecule has 1 saturated heterocycles. The number of methoxy groups -OCH3 is 1. The van der Waals surface area contributed by atoms with Crippen molar-refractivity contribution in [3.8, 4) is 0 Å². The number of nitrogens with one attached hydrogen (secondary N) is 1. The number of piperazine rings is 1. The van der Waals surface area contributed by atoms with Crippen molar-refractivity contribution in [1.82, 2.24) is 10.2 Å². The Hall–Kier alpha value is -2.93. The number of benzene rings is 2. The fourth-order valence-corrected chi connectivity index (χ4v) is 3.38. The van der Waals surface area contributed by atoms with E-state index >= 15 is 0 Å². The van der Waals surface area contributed by atoms with Crippen LogP contribution >= 0.6 is 0 Å². The minimum absolute atomic E-state index is 0.0252. The largest absolute Gasteiger partial charge is 0.380 e. The molecule has 2 aromatic rings. The maximum absolute atomic E-state index is 13.1. The Kier molecular flexibility index (Phi) is 7.19. The summed E-state index contributed by atoms with van der Waals surface area (Å²) in [6, 6.07) is 13.6. The number of nitrogens with zero attached hydrogens (tertiary/aromatic N) is 2. The molecule has 2 aromatic carbocycles. The van der Waals surface area contributed by atoms with Crippen LogP contribution in [0.25, 0.3) is 0 Å². The fourth-order valence-electron chi connectivity index (χ4n) is 3.38. The van der Waals surface area contributed by atoms with Gasteiger partial charge in [0.05, 0.1) is 6.61 Å². The first-order valence-corrected chi connectivity index (χ1v) is 9.71. The zero-order valence-corrected chi connectivity index (χ0v) is 16.6. The van der Waals surface area contributed by atoms with E-state index in [1.54, 1.807) is 31.4 Å². The third kappa shape index (κ3) is 5.77. The summed E-state index contributed by atoms with van der Waals surface area (Å²) in [5.41, 5.74) is 2.44. The lowest BCUT2D eigenvalue weighted by Crippen LogP contribution is -2.49. The normalized spacial score (nSPS) is 14.0. The molecule has 0 saturated carbocycles. The van der Waals surface area contributed by atoms with Crippen molar-refractivity contribution in [2.24, 2.45) is 0 Å². The molecule has 1 aliphatic rings. The number of anilines is 1. The van der Waals surface area contributed by atoms with Crippen molar-refractivity contribution in [1.29, 1.82) is 0 Å². The Balaban J connectivity index is 1.41. The molecule has 29 heavy (non-hydrogen) atoms. The number of hydrogen-bond donors (Lipinski definition) is 1. The topological polar surface area (TPSA) is 61.9 Å². The second-order valence-electron chi connectivity index (χ2n) is 6.98. The van der Waals surface area contributed by atoms with Crippen LogP contribution in [0.3, 0.4) is 0 Å². The lowest BCUT2D eigenvalue weighted by atomic mass is 10.1. The Morgan fingerprint density at radius 1 is 1.07 bits per heavy atom. The molecule has 1 aliphatic heterocycles. The highest BCUT2D eigenvalue weighted by Gasteiger charge is 2.21. The number of hydrogen-bond acceptors (Lipinski definition) is 4. The maximum atomic E-state index is 13.1. The van der Waals surface area contributed by atoms with E-state index in [4.69, 9.17) is 4.74 Å². The minimum atomic E-state index is -0.255. The zero-order chi connectivity index (χ0) is 20.6. The highest BCUT2D eigenvalue weighted by molar-refractivity contribution is 5.94. The number of carbonyl (C=O) groups is 2. The monoisotopic (exact) mass is 399 g/mol. The fraction of sp³-hybridized carbons (Fsp3) is 0.364. The molecular formula is C22H26FN3O3. The third-order valence-electron chi connectivity index (χ3n) is 4.95. The van der Waals surface area contributed by atoms with E-state index in [9.17, 15) is 14.0 Å². The average molecular weight is 399 g/mol. The van der Waals surface area contributed by atoms with Gasteiger partial charge < -0.3 is 19.9 Å². The first-order chi connectivity index (χ1) is 14.1. The molecule has 2 amide bonds. The SMILES string of the molecule is COCc1cccc(C(=O)NCCC(=O)N2CCN(c3ccc(F)cc3)CC2)c1. The molecule has 0 aromatic heterocycles. The van der Waals surface area contributed by atoms with Crippen LogP contribution in [0.2, 0.25) is 0 Å². The van der Waals surface area contributed by atoms with Gasteiger partial charge >= 0.3 is 0 Å². The van der Waals surface area contributed by atoms with Crippen molar-refractivity contribution < 1.29 is 18.7 Å². The van der Waals surface area contributed by atoms with E-state index in [-0.39, 0.29) is 24.1 Å². The van der Waals surface area contributed by atoms with Crippen molar-refractivity contribution in [3.05, 3.63) is 65.5 Å². The third-order valence-corrected chi connectivity index (χ3v) is 4.95. The smallest absolute Gasteiger partial charge is 0.251 e. The number of carbonyl (C=O) groups excluding carboxylic acids is 2. The van der Waals surface area contributed by atoms with Gasteiger partial charge in [-0.15, -0.1) is 0 Å². The molecule has 154 valence electrons. The van der Waals surface area contributed by atoms with Gasteiger partial charge in [-0.3, -0.25) is 9.59 Å². The second-order valence-corrected chi connectivity index (χ2v) is 6.98. The number of ether oxygens (including phenoxy) is 1. The van der Waals surface area contributed by atoms with Crippen LogP contribution in [0.5, 0.6) is 0 Å². The van der Waals surface area contributed by atoms with E-state index in [2.05, 4.69) is 10.2 Å². The molecular weight excluding hydrogens is 373 g/mol. The summed E-state index contributed by atoms with van der Waals surface area (Å²) in [7, 11) is 1.61. The molecule has 1 heterocycles. The lowest BCUT2D eigenvalue weighted by molar-refractivity contribution is -0.131. The molecule has 0 spiro atoms. The molecule has 1 N–H and O–H groups in total. The standard InChI is InChI=1S/C22H26FN3O3/c1-29-16-17-3-2-4-18(15-17)22(28)24-10-9-21(27)26-13-11-25(12-14-26)20-7-5-19(23)6-8-20/h2-8,15H,9-14,16H2,1H3,(H,24,28). The molecule has 7 heteroatoms. The van der Waals surface area contributed by atoms with Gasteiger partial charge in [-0.25, -0.2) is 4.39 Å². The predicted molar refractivity (Wildman–Crippen MR) is 109 cm³/mol. The van der Waals surface area contributed by atoms with Crippen molar-refractivity contribution in [2.75, 3.05) is 44.7 Å². The van der Waals surface area contributed by atoms with Crippen molar-refractivity contribution in [3.63, 3.8) is 0 Å². The van der Waals surface area contributed by atoms with Gasteiger partial charge in [-0.1, -0.05) is 12.1 Å². The number of halogens is 1. The molecule has 6 nitrogen and oxygen atoms in total. The Morgan fingerprint density at radius 3 is 2.48 bits per heavy atom. The van der Waals surface area contributed by atoms with Crippen molar-refractivity contribution >= 4 is 17.5 Å². The van der Waals surface area contributed by atoms with Crippen LogP contribution in [-0.2, 0) is 16.1 Å². The summed E-state index contributed by atoms with van der Waals surface area (Å²) in [6.07, 6.45) is 0.264. The molecule has 0 radical (unpaired) electrons. The molecule has 0 atom stereocenters. The van der Waals surface area contributed by atoms with E-state index in [1.165, 1.54) is 12.1 Å². The van der Waals surface area contributed by atoms with Crippen molar-refractivity contribution in [2.45, 2.75) is 13.0 Å². The summed E-state index contributed by atoms with van der Waals surface area (Å²) < 4.78 is 18.1. The van der Waals surface area contributed by atoms with Gasteiger partial charge in [0.2, 0.25) is 5.91 Å². The summed E-state index contributed by atoms with van der Waals surface area (Å²) in [6.45, 7) is 3.38. The molecule has 0 bridgehead atoms. The quantitative estimate of drug-likeness (QED) is 0.777. The van der Waals surface area contributed by atoms with E-state index < -0.39 is 0 Å². The first kappa shape index (κ1) is 20.8. The van der Waals surface area contributed by atoms with Crippen LogP contribution in [-0.4, -0.2) is 56.5 Å². The van der Waals surface area contributed by atoms with Crippen LogP contribution in [0.4, 0.5) is 10.1 Å². The van der Waals surface area contributed by atoms with Crippen LogP contribution in [0.15, 0.2) is 48.5 Å². The highest BCUT2D eigenvalue weighted by Crippen LogP contribution is 2.17.